The van der Waals surface area contributed by atoms with Crippen molar-refractivity contribution in [1.29, 1.82) is 0 Å². The average molecular weight is 373 g/mol. The van der Waals surface area contributed by atoms with Gasteiger partial charge in [0.25, 0.3) is 0 Å². The summed E-state index contributed by atoms with van der Waals surface area (Å²) < 4.78 is 17.9. The van der Waals surface area contributed by atoms with Crippen LogP contribution in [0.4, 0.5) is 0 Å². The number of rotatable bonds is 7. The van der Waals surface area contributed by atoms with Crippen LogP contribution in [0.25, 0.3) is 0 Å². The Balaban J connectivity index is 1.65. The fraction of sp³-hybridized carbons (Fsp3) is 0.667. The summed E-state index contributed by atoms with van der Waals surface area (Å²) in [6.07, 6.45) is 4.70. The molecule has 2 saturated heterocycles. The molecular weight excluding hydrogens is 341 g/mol. The Morgan fingerprint density at radius 1 is 1.22 bits per heavy atom. The highest BCUT2D eigenvalue weighted by molar-refractivity contribution is 6.62. The minimum atomic E-state index is -0.444. The number of ether oxygens (including phenoxy) is 1. The second-order valence-corrected chi connectivity index (χ2v) is 8.83. The van der Waals surface area contributed by atoms with E-state index in [0.717, 1.165) is 49.9 Å². The van der Waals surface area contributed by atoms with Gasteiger partial charge in [0.2, 0.25) is 0 Å². The monoisotopic (exact) mass is 373 g/mol. The lowest BCUT2D eigenvalue weighted by atomic mass is 9.78. The summed E-state index contributed by atoms with van der Waals surface area (Å²) in [5, 5.41) is 0. The van der Waals surface area contributed by atoms with Gasteiger partial charge in [-0.3, -0.25) is 4.79 Å². The summed E-state index contributed by atoms with van der Waals surface area (Å²) in [7, 11) is 1.64. The fourth-order valence-electron chi connectivity index (χ4n) is 3.60. The molecule has 2 heterocycles. The van der Waals surface area contributed by atoms with Crippen LogP contribution in [0, 0.1) is 0 Å². The first-order valence-electron chi connectivity index (χ1n) is 9.95. The van der Waals surface area contributed by atoms with Crippen molar-refractivity contribution in [2.24, 2.45) is 0 Å². The van der Waals surface area contributed by atoms with Gasteiger partial charge in [0.1, 0.15) is 6.29 Å². The molecule has 0 spiro atoms. The zero-order valence-electron chi connectivity index (χ0n) is 17.3. The Bertz CT molecular complexity index is 654. The van der Waals surface area contributed by atoms with E-state index in [0.29, 0.717) is 11.7 Å². The number of nitrogens with zero attached hydrogens (tertiary/aromatic N) is 1. The molecular formula is C21H32BNO4. The van der Waals surface area contributed by atoms with E-state index in [1.165, 1.54) is 6.42 Å². The summed E-state index contributed by atoms with van der Waals surface area (Å²) in [5.74, 6) is 0. The summed E-state index contributed by atoms with van der Waals surface area (Å²) >= 11 is 0. The highest BCUT2D eigenvalue weighted by atomic mass is 16.7. The van der Waals surface area contributed by atoms with Crippen LogP contribution in [-0.4, -0.2) is 55.8 Å². The summed E-state index contributed by atoms with van der Waals surface area (Å²) in [5.41, 5.74) is 1.84. The SMILES string of the molecule is CN(CCC1CCCO1)Cc1ccc(B2OC(C)(C)C(C)(C)O2)cc1C=O. The number of benzene rings is 1. The van der Waals surface area contributed by atoms with Crippen molar-refractivity contribution in [3.63, 3.8) is 0 Å². The molecule has 27 heavy (non-hydrogen) atoms. The maximum Gasteiger partial charge on any atom is 0.494 e. The van der Waals surface area contributed by atoms with Crippen LogP contribution in [0.3, 0.4) is 0 Å². The van der Waals surface area contributed by atoms with Gasteiger partial charge in [0.15, 0.2) is 0 Å². The fourth-order valence-corrected chi connectivity index (χ4v) is 3.60. The van der Waals surface area contributed by atoms with E-state index >= 15 is 0 Å². The molecule has 3 rings (SSSR count). The Kier molecular flexibility index (Phi) is 6.11. The highest BCUT2D eigenvalue weighted by Gasteiger charge is 2.51. The van der Waals surface area contributed by atoms with Crippen molar-refractivity contribution in [2.45, 2.75) is 70.8 Å². The van der Waals surface area contributed by atoms with Crippen LogP contribution < -0.4 is 5.46 Å². The lowest BCUT2D eigenvalue weighted by Gasteiger charge is -2.32. The minimum Gasteiger partial charge on any atom is -0.399 e. The molecule has 5 nitrogen and oxygen atoms in total. The standard InChI is InChI=1S/C21H32BNO4/c1-20(2)21(3,4)27-22(26-20)18-9-8-16(17(13-18)15-24)14-23(5)11-10-19-7-6-12-25-19/h8-9,13,15,19H,6-7,10-12,14H2,1-5H3. The van der Waals surface area contributed by atoms with Gasteiger partial charge < -0.3 is 18.9 Å². The highest BCUT2D eigenvalue weighted by Crippen LogP contribution is 2.36. The molecule has 6 heteroatoms. The van der Waals surface area contributed by atoms with Gasteiger partial charge in [-0.05, 0) is 65.0 Å². The molecule has 0 aliphatic carbocycles. The molecule has 2 aliphatic heterocycles. The Labute approximate surface area is 163 Å². The van der Waals surface area contributed by atoms with Gasteiger partial charge in [0, 0.05) is 25.3 Å². The molecule has 1 aromatic carbocycles. The summed E-state index contributed by atoms with van der Waals surface area (Å²) in [4.78, 5) is 13.9. The minimum absolute atomic E-state index is 0.389. The van der Waals surface area contributed by atoms with Crippen molar-refractivity contribution in [1.82, 2.24) is 4.90 Å². The number of hydrogen-bond acceptors (Lipinski definition) is 5. The van der Waals surface area contributed by atoms with E-state index in [2.05, 4.69) is 11.9 Å². The van der Waals surface area contributed by atoms with Crippen molar-refractivity contribution < 1.29 is 18.8 Å². The summed E-state index contributed by atoms with van der Waals surface area (Å²) in [6.45, 7) is 10.7. The molecule has 0 N–H and O–H groups in total. The Hall–Kier alpha value is -1.21. The molecule has 0 amide bonds. The molecule has 0 saturated carbocycles. The van der Waals surface area contributed by atoms with E-state index in [9.17, 15) is 4.79 Å². The molecule has 0 bridgehead atoms. The number of carbonyl (C=O) groups is 1. The van der Waals surface area contributed by atoms with Crippen LogP contribution in [0.1, 0.15) is 62.9 Å². The third-order valence-corrected chi connectivity index (χ3v) is 6.12. The van der Waals surface area contributed by atoms with Gasteiger partial charge in [-0.15, -0.1) is 0 Å². The van der Waals surface area contributed by atoms with Crippen molar-refractivity contribution >= 4 is 18.9 Å². The van der Waals surface area contributed by atoms with Gasteiger partial charge in [-0.1, -0.05) is 18.2 Å². The molecule has 1 atom stereocenters. The molecule has 1 aromatic rings. The largest absolute Gasteiger partial charge is 0.494 e. The third-order valence-electron chi connectivity index (χ3n) is 6.12. The predicted octanol–water partition coefficient (Wildman–Crippen LogP) is 2.80. The summed E-state index contributed by atoms with van der Waals surface area (Å²) in [6, 6.07) is 5.93. The Morgan fingerprint density at radius 3 is 2.52 bits per heavy atom. The smallest absolute Gasteiger partial charge is 0.399 e. The Morgan fingerprint density at radius 2 is 1.93 bits per heavy atom. The van der Waals surface area contributed by atoms with Crippen molar-refractivity contribution in [2.75, 3.05) is 20.2 Å². The molecule has 2 aliphatic rings. The van der Waals surface area contributed by atoms with Crippen LogP contribution in [0.15, 0.2) is 18.2 Å². The average Bonchev–Trinajstić information content (AvgIpc) is 3.19. The van der Waals surface area contributed by atoms with E-state index in [4.69, 9.17) is 14.0 Å². The first kappa shape index (κ1) is 20.5. The van der Waals surface area contributed by atoms with Crippen molar-refractivity contribution in [3.8, 4) is 0 Å². The quantitative estimate of drug-likeness (QED) is 0.543. The lowest BCUT2D eigenvalue weighted by Crippen LogP contribution is -2.41. The predicted molar refractivity (Wildman–Crippen MR) is 107 cm³/mol. The molecule has 0 radical (unpaired) electrons. The van der Waals surface area contributed by atoms with Gasteiger partial charge in [-0.25, -0.2) is 0 Å². The zero-order chi connectivity index (χ0) is 19.7. The van der Waals surface area contributed by atoms with Gasteiger partial charge in [-0.2, -0.15) is 0 Å². The molecule has 0 aromatic heterocycles. The normalized spacial score (nSPS) is 23.9. The lowest BCUT2D eigenvalue weighted by molar-refractivity contribution is 0.00578. The maximum absolute atomic E-state index is 11.7. The molecule has 2 fully saturated rings. The maximum atomic E-state index is 11.7. The number of hydrogen-bond donors (Lipinski definition) is 0. The van der Waals surface area contributed by atoms with E-state index in [1.807, 2.05) is 45.9 Å². The van der Waals surface area contributed by atoms with Crippen LogP contribution in [0.5, 0.6) is 0 Å². The number of aldehydes is 1. The van der Waals surface area contributed by atoms with E-state index in [1.54, 1.807) is 0 Å². The van der Waals surface area contributed by atoms with Crippen LogP contribution >= 0.6 is 0 Å². The second-order valence-electron chi connectivity index (χ2n) is 8.83. The third kappa shape index (κ3) is 4.62. The molecule has 148 valence electrons. The van der Waals surface area contributed by atoms with Gasteiger partial charge in [0.05, 0.1) is 17.3 Å². The topological polar surface area (TPSA) is 48.0 Å². The first-order chi connectivity index (χ1) is 12.7. The van der Waals surface area contributed by atoms with E-state index < -0.39 is 7.12 Å². The second kappa shape index (κ2) is 8.04. The van der Waals surface area contributed by atoms with Gasteiger partial charge >= 0.3 is 7.12 Å². The molecule has 1 unspecified atom stereocenters. The first-order valence-corrected chi connectivity index (χ1v) is 9.95. The van der Waals surface area contributed by atoms with Crippen molar-refractivity contribution in [3.05, 3.63) is 29.3 Å². The van der Waals surface area contributed by atoms with Crippen LogP contribution in [-0.2, 0) is 20.6 Å². The van der Waals surface area contributed by atoms with Crippen LogP contribution in [0.2, 0.25) is 0 Å². The zero-order valence-corrected chi connectivity index (χ0v) is 17.3. The van der Waals surface area contributed by atoms with E-state index in [-0.39, 0.29) is 11.2 Å². The number of carbonyl (C=O) groups excluding carboxylic acids is 1.